The van der Waals surface area contributed by atoms with E-state index in [4.69, 9.17) is 4.74 Å². The second kappa shape index (κ2) is 9.78. The van der Waals surface area contributed by atoms with Gasteiger partial charge in [0.1, 0.15) is 5.75 Å². The third kappa shape index (κ3) is 5.49. The molecule has 6 nitrogen and oxygen atoms in total. The van der Waals surface area contributed by atoms with Gasteiger partial charge in [-0.25, -0.2) is 0 Å². The van der Waals surface area contributed by atoms with Gasteiger partial charge in [0, 0.05) is 30.0 Å². The van der Waals surface area contributed by atoms with Crippen LogP contribution in [0.3, 0.4) is 0 Å². The average Bonchev–Trinajstić information content (AvgIpc) is 3.26. The molecule has 0 spiro atoms. The van der Waals surface area contributed by atoms with Crippen LogP contribution in [0.5, 0.6) is 5.75 Å². The van der Waals surface area contributed by atoms with Gasteiger partial charge in [-0.15, -0.1) is 0 Å². The van der Waals surface area contributed by atoms with Gasteiger partial charge in [0.15, 0.2) is 0 Å². The molecule has 1 aliphatic heterocycles. The number of nitrogens with zero attached hydrogens (tertiary/aromatic N) is 1. The minimum Gasteiger partial charge on any atom is -0.494 e. The SMILES string of the molecule is CCCOc1ccc(NCC(=O)Nc2cccc(C(=O)N3CCCC3)c2)cc1. The van der Waals surface area contributed by atoms with Gasteiger partial charge >= 0.3 is 0 Å². The lowest BCUT2D eigenvalue weighted by molar-refractivity contribution is -0.114. The van der Waals surface area contributed by atoms with Gasteiger partial charge in [0.05, 0.1) is 13.2 Å². The molecule has 1 fully saturated rings. The molecule has 3 rings (SSSR count). The predicted molar refractivity (Wildman–Crippen MR) is 111 cm³/mol. The monoisotopic (exact) mass is 381 g/mol. The molecule has 0 radical (unpaired) electrons. The summed E-state index contributed by atoms with van der Waals surface area (Å²) in [6.45, 7) is 4.50. The first-order chi connectivity index (χ1) is 13.7. The van der Waals surface area contributed by atoms with Crippen molar-refractivity contribution in [3.8, 4) is 5.75 Å². The first-order valence-electron chi connectivity index (χ1n) is 9.81. The molecule has 1 heterocycles. The molecule has 0 aliphatic carbocycles. The lowest BCUT2D eigenvalue weighted by Gasteiger charge is -2.16. The third-order valence-corrected chi connectivity index (χ3v) is 4.57. The lowest BCUT2D eigenvalue weighted by atomic mass is 10.1. The second-order valence-electron chi connectivity index (χ2n) is 6.85. The number of hydrogen-bond acceptors (Lipinski definition) is 4. The molecular formula is C22H27N3O3. The van der Waals surface area contributed by atoms with Crippen molar-refractivity contribution >= 4 is 23.2 Å². The first-order valence-corrected chi connectivity index (χ1v) is 9.81. The van der Waals surface area contributed by atoms with Gasteiger partial charge in [-0.05, 0) is 61.7 Å². The molecule has 148 valence electrons. The van der Waals surface area contributed by atoms with Gasteiger partial charge < -0.3 is 20.3 Å². The fourth-order valence-corrected chi connectivity index (χ4v) is 3.11. The summed E-state index contributed by atoms with van der Waals surface area (Å²) in [6, 6.07) is 14.6. The Labute approximate surface area is 165 Å². The highest BCUT2D eigenvalue weighted by atomic mass is 16.5. The van der Waals surface area contributed by atoms with Crippen LogP contribution in [0.2, 0.25) is 0 Å². The Bertz CT molecular complexity index is 799. The van der Waals surface area contributed by atoms with E-state index in [-0.39, 0.29) is 18.4 Å². The molecule has 1 aliphatic rings. The van der Waals surface area contributed by atoms with Crippen molar-refractivity contribution in [1.82, 2.24) is 4.90 Å². The molecule has 2 amide bonds. The minimum atomic E-state index is -0.169. The van der Waals surface area contributed by atoms with E-state index in [1.807, 2.05) is 29.2 Å². The Morgan fingerprint density at radius 2 is 1.79 bits per heavy atom. The van der Waals surface area contributed by atoms with Crippen LogP contribution in [0.15, 0.2) is 48.5 Å². The van der Waals surface area contributed by atoms with Crippen molar-refractivity contribution in [1.29, 1.82) is 0 Å². The number of benzene rings is 2. The van der Waals surface area contributed by atoms with Crippen LogP contribution < -0.4 is 15.4 Å². The van der Waals surface area contributed by atoms with Crippen LogP contribution in [0, 0.1) is 0 Å². The van der Waals surface area contributed by atoms with Crippen LogP contribution in [0.1, 0.15) is 36.5 Å². The molecule has 0 aromatic heterocycles. The van der Waals surface area contributed by atoms with E-state index >= 15 is 0 Å². The van der Waals surface area contributed by atoms with Crippen LogP contribution in [0.4, 0.5) is 11.4 Å². The maximum atomic E-state index is 12.5. The number of ether oxygens (including phenoxy) is 1. The maximum absolute atomic E-state index is 12.5. The molecule has 6 heteroatoms. The van der Waals surface area contributed by atoms with E-state index in [1.165, 1.54) is 0 Å². The first kappa shape index (κ1) is 19.7. The molecular weight excluding hydrogens is 354 g/mol. The van der Waals surface area contributed by atoms with Gasteiger partial charge in [-0.3, -0.25) is 9.59 Å². The van der Waals surface area contributed by atoms with Crippen LogP contribution in [-0.2, 0) is 4.79 Å². The summed E-state index contributed by atoms with van der Waals surface area (Å²) < 4.78 is 5.54. The van der Waals surface area contributed by atoms with Crippen molar-refractivity contribution in [2.45, 2.75) is 26.2 Å². The molecule has 0 bridgehead atoms. The summed E-state index contributed by atoms with van der Waals surface area (Å²) in [5.41, 5.74) is 2.08. The summed E-state index contributed by atoms with van der Waals surface area (Å²) in [5, 5.41) is 5.93. The molecule has 0 saturated carbocycles. The van der Waals surface area contributed by atoms with Crippen molar-refractivity contribution in [3.05, 3.63) is 54.1 Å². The number of carbonyl (C=O) groups is 2. The highest BCUT2D eigenvalue weighted by molar-refractivity contribution is 5.98. The highest BCUT2D eigenvalue weighted by Crippen LogP contribution is 2.17. The van der Waals surface area contributed by atoms with E-state index in [2.05, 4.69) is 17.6 Å². The maximum Gasteiger partial charge on any atom is 0.253 e. The fourth-order valence-electron chi connectivity index (χ4n) is 3.11. The molecule has 1 saturated heterocycles. The molecule has 28 heavy (non-hydrogen) atoms. The van der Waals surface area contributed by atoms with Gasteiger partial charge in [-0.2, -0.15) is 0 Å². The molecule has 2 aromatic carbocycles. The Balaban J connectivity index is 1.50. The quantitative estimate of drug-likeness (QED) is 0.730. The summed E-state index contributed by atoms with van der Waals surface area (Å²) in [5.74, 6) is 0.672. The standard InChI is InChI=1S/C22H27N3O3/c1-2-14-28-20-10-8-18(9-11-20)23-16-21(26)24-19-7-5-6-17(15-19)22(27)25-12-3-4-13-25/h5-11,15,23H,2-4,12-14,16H2,1H3,(H,24,26). The van der Waals surface area contributed by atoms with Crippen molar-refractivity contribution in [2.24, 2.45) is 0 Å². The zero-order valence-corrected chi connectivity index (χ0v) is 16.2. The molecule has 0 atom stereocenters. The van der Waals surface area contributed by atoms with Gasteiger partial charge in [0.25, 0.3) is 5.91 Å². The largest absolute Gasteiger partial charge is 0.494 e. The van der Waals surface area contributed by atoms with Crippen molar-refractivity contribution < 1.29 is 14.3 Å². The van der Waals surface area contributed by atoms with E-state index in [0.29, 0.717) is 17.9 Å². The minimum absolute atomic E-state index is 0.0251. The summed E-state index contributed by atoms with van der Waals surface area (Å²) >= 11 is 0. The lowest BCUT2D eigenvalue weighted by Crippen LogP contribution is -2.27. The number of rotatable bonds is 8. The number of likely N-dealkylation sites (tertiary alicyclic amines) is 1. The summed E-state index contributed by atoms with van der Waals surface area (Å²) in [4.78, 5) is 26.6. The molecule has 2 aromatic rings. The number of nitrogens with one attached hydrogen (secondary N) is 2. The van der Waals surface area contributed by atoms with E-state index in [9.17, 15) is 9.59 Å². The molecule has 2 N–H and O–H groups in total. The smallest absolute Gasteiger partial charge is 0.253 e. The Morgan fingerprint density at radius 1 is 1.04 bits per heavy atom. The number of amides is 2. The Morgan fingerprint density at radius 3 is 2.50 bits per heavy atom. The van der Waals surface area contributed by atoms with Crippen LogP contribution >= 0.6 is 0 Å². The molecule has 0 unspecified atom stereocenters. The number of carbonyl (C=O) groups excluding carboxylic acids is 2. The summed E-state index contributed by atoms with van der Waals surface area (Å²) in [6.07, 6.45) is 3.07. The second-order valence-corrected chi connectivity index (χ2v) is 6.85. The van der Waals surface area contributed by atoms with E-state index in [0.717, 1.165) is 43.8 Å². The third-order valence-electron chi connectivity index (χ3n) is 4.57. The predicted octanol–water partition coefficient (Wildman–Crippen LogP) is 3.76. The normalized spacial score (nSPS) is 13.2. The van der Waals surface area contributed by atoms with Gasteiger partial charge in [-0.1, -0.05) is 13.0 Å². The van der Waals surface area contributed by atoms with Crippen LogP contribution in [0.25, 0.3) is 0 Å². The van der Waals surface area contributed by atoms with Crippen LogP contribution in [-0.4, -0.2) is 43.0 Å². The number of hydrogen-bond donors (Lipinski definition) is 2. The zero-order valence-electron chi connectivity index (χ0n) is 16.2. The Hall–Kier alpha value is -3.02. The number of anilines is 2. The van der Waals surface area contributed by atoms with Gasteiger partial charge in [0.2, 0.25) is 5.91 Å². The van der Waals surface area contributed by atoms with Crippen molar-refractivity contribution in [2.75, 3.05) is 36.9 Å². The van der Waals surface area contributed by atoms with E-state index in [1.54, 1.807) is 24.3 Å². The fraction of sp³-hybridized carbons (Fsp3) is 0.364. The topological polar surface area (TPSA) is 70.7 Å². The highest BCUT2D eigenvalue weighted by Gasteiger charge is 2.19. The average molecular weight is 381 g/mol. The van der Waals surface area contributed by atoms with E-state index < -0.39 is 0 Å². The summed E-state index contributed by atoms with van der Waals surface area (Å²) in [7, 11) is 0. The van der Waals surface area contributed by atoms with Crippen molar-refractivity contribution in [3.63, 3.8) is 0 Å². The zero-order chi connectivity index (χ0) is 19.8. The Kier molecular flexibility index (Phi) is 6.89.